The van der Waals surface area contributed by atoms with Gasteiger partial charge in [0.05, 0.1) is 0 Å². The second-order valence-electron chi connectivity index (χ2n) is 2.30. The van der Waals surface area contributed by atoms with Crippen molar-refractivity contribution in [1.82, 2.24) is 0 Å². The molecule has 1 rings (SSSR count). The first-order chi connectivity index (χ1) is 3.71. The van der Waals surface area contributed by atoms with E-state index in [9.17, 15) is 0 Å². The van der Waals surface area contributed by atoms with Crippen LogP contribution in [-0.4, -0.2) is 13.2 Å². The molecule has 0 atom stereocenters. The summed E-state index contributed by atoms with van der Waals surface area (Å²) in [5, 5.41) is 0. The van der Waals surface area contributed by atoms with Gasteiger partial charge in [0.2, 0.25) is 0 Å². The molecule has 0 bridgehead atoms. The first kappa shape index (κ1) is 9.06. The van der Waals surface area contributed by atoms with Crippen molar-refractivity contribution < 1.29 is 21.1 Å². The zero-order chi connectivity index (χ0) is 6.62. The normalized spacial score (nSPS) is 22.6. The Morgan fingerprint density at radius 1 is 1.62 bits per heavy atom. The van der Waals surface area contributed by atoms with Crippen LogP contribution in [0.3, 0.4) is 0 Å². The molecule has 0 aromatic carbocycles. The Kier molecular flexibility index (Phi) is 4.50. The van der Waals surface area contributed by atoms with E-state index in [1.165, 1.54) is 16.3 Å². The van der Waals surface area contributed by atoms with Crippen molar-refractivity contribution in [3.63, 3.8) is 0 Å². The number of ether oxygens (including phenoxy) is 1. The van der Waals surface area contributed by atoms with Crippen LogP contribution in [0.5, 0.6) is 0 Å². The maximum atomic E-state index is 4.88. The molecule has 0 unspecified atom stereocenters. The molecular formula is C5H9BrOZn. The zero-order valence-electron chi connectivity index (χ0n) is 5.11. The van der Waals surface area contributed by atoms with Gasteiger partial charge >= 0.3 is 30.0 Å². The summed E-state index contributed by atoms with van der Waals surface area (Å²) >= 11 is 4.25. The second-order valence-corrected chi connectivity index (χ2v) is 2.30. The van der Waals surface area contributed by atoms with E-state index in [1.54, 1.807) is 0 Å². The predicted molar refractivity (Wildman–Crippen MR) is 33.2 cm³/mol. The van der Waals surface area contributed by atoms with E-state index in [4.69, 9.17) is 4.74 Å². The minimum absolute atomic E-state index is 0.250. The second kappa shape index (κ2) is 3.97. The van der Waals surface area contributed by atoms with Gasteiger partial charge in [0.25, 0.3) is 0 Å². The van der Waals surface area contributed by atoms with Gasteiger partial charge in [-0.3, -0.25) is 0 Å². The Hall–Kier alpha value is 1.06. The molecule has 0 spiro atoms. The van der Waals surface area contributed by atoms with E-state index in [1.807, 2.05) is 0 Å². The molecule has 1 fully saturated rings. The van der Waals surface area contributed by atoms with Crippen LogP contribution >= 0.6 is 13.6 Å². The Balaban J connectivity index is 0.000000222. The molecule has 1 nitrogen and oxygen atoms in total. The monoisotopic (exact) mass is 228 g/mol. The van der Waals surface area contributed by atoms with Gasteiger partial charge in [-0.2, -0.15) is 0 Å². The molecule has 0 aliphatic carbocycles. The molecule has 8 heavy (non-hydrogen) atoms. The molecule has 0 aromatic rings. The quantitative estimate of drug-likeness (QED) is 0.455. The van der Waals surface area contributed by atoms with Gasteiger partial charge in [-0.1, -0.05) is 6.92 Å². The van der Waals surface area contributed by atoms with Crippen molar-refractivity contribution >= 4 is 13.6 Å². The summed E-state index contributed by atoms with van der Waals surface area (Å²) in [5.41, 5.74) is 0.250. The predicted octanol–water partition coefficient (Wildman–Crippen LogP) is 1.70. The van der Waals surface area contributed by atoms with Crippen LogP contribution in [-0.2, 0) is 21.1 Å². The molecule has 3 heteroatoms. The Bertz CT molecular complexity index is 59.4. The fourth-order valence-electron chi connectivity index (χ4n) is 0.451. The van der Waals surface area contributed by atoms with Crippen molar-refractivity contribution in [2.24, 2.45) is 5.41 Å². The first-order valence-corrected chi connectivity index (χ1v) is 9.35. The molecule has 1 aliphatic rings. The average Bonchev–Trinajstić information content (AvgIpc) is 1.69. The van der Waals surface area contributed by atoms with Crippen molar-refractivity contribution in [3.05, 3.63) is 6.92 Å². The summed E-state index contributed by atoms with van der Waals surface area (Å²) in [7, 11) is 0. The van der Waals surface area contributed by atoms with E-state index < -0.39 is 0 Å². The van der Waals surface area contributed by atoms with Crippen LogP contribution < -0.4 is 0 Å². The third-order valence-corrected chi connectivity index (χ3v) is 0.901. The van der Waals surface area contributed by atoms with Crippen LogP contribution in [0.2, 0.25) is 0 Å². The third kappa shape index (κ3) is 3.16. The molecule has 44 valence electrons. The Morgan fingerprint density at radius 2 is 1.88 bits per heavy atom. The van der Waals surface area contributed by atoms with E-state index in [0.29, 0.717) is 0 Å². The summed E-state index contributed by atoms with van der Waals surface area (Å²) in [6.07, 6.45) is 0. The van der Waals surface area contributed by atoms with Crippen molar-refractivity contribution in [3.8, 4) is 0 Å². The molecule has 0 aromatic heterocycles. The van der Waals surface area contributed by atoms with Crippen molar-refractivity contribution in [2.45, 2.75) is 6.92 Å². The molecule has 1 aliphatic heterocycles. The summed E-state index contributed by atoms with van der Waals surface area (Å²) in [5.74, 6) is 0. The standard InChI is InChI=1S/C5H9O.BrH.Zn/c1-5(2)3-6-4-5;;/h1,3-4H2,2H3;1H;/q-1;;+2/p-1. The van der Waals surface area contributed by atoms with Crippen LogP contribution in [0.25, 0.3) is 0 Å². The van der Waals surface area contributed by atoms with Crippen LogP contribution in [0.1, 0.15) is 6.92 Å². The van der Waals surface area contributed by atoms with Gasteiger partial charge in [0, 0.05) is 13.2 Å². The van der Waals surface area contributed by atoms with Gasteiger partial charge in [0.1, 0.15) is 0 Å². The molecule has 0 N–H and O–H groups in total. The fraction of sp³-hybridized carbons (Fsp3) is 0.800. The number of rotatable bonds is 0. The van der Waals surface area contributed by atoms with Gasteiger partial charge in [-0.15, -0.1) is 5.41 Å². The van der Waals surface area contributed by atoms with Crippen LogP contribution in [0, 0.1) is 12.3 Å². The van der Waals surface area contributed by atoms with Gasteiger partial charge in [-0.05, 0) is 0 Å². The van der Waals surface area contributed by atoms with Crippen molar-refractivity contribution in [2.75, 3.05) is 13.2 Å². The maximum absolute atomic E-state index is 4.88. The van der Waals surface area contributed by atoms with Crippen molar-refractivity contribution in [1.29, 1.82) is 0 Å². The van der Waals surface area contributed by atoms with Gasteiger partial charge in [0.15, 0.2) is 0 Å². The molecule has 1 heterocycles. The molecule has 0 amide bonds. The molecule has 0 radical (unpaired) electrons. The topological polar surface area (TPSA) is 9.23 Å². The number of halogens is 1. The summed E-state index contributed by atoms with van der Waals surface area (Å²) in [6, 6.07) is 0. The first-order valence-electron chi connectivity index (χ1n) is 2.41. The molecule has 0 saturated carbocycles. The summed E-state index contributed by atoms with van der Waals surface area (Å²) < 4.78 is 4.88. The molecule has 1 saturated heterocycles. The van der Waals surface area contributed by atoms with E-state index in [-0.39, 0.29) is 5.41 Å². The van der Waals surface area contributed by atoms with Gasteiger partial charge < -0.3 is 11.7 Å². The molecular weight excluding hydrogens is 221 g/mol. The summed E-state index contributed by atoms with van der Waals surface area (Å²) in [6.45, 7) is 7.62. The van der Waals surface area contributed by atoms with E-state index in [2.05, 4.69) is 27.5 Å². The van der Waals surface area contributed by atoms with E-state index >= 15 is 0 Å². The number of hydrogen-bond donors (Lipinski definition) is 0. The Morgan fingerprint density at radius 3 is 1.88 bits per heavy atom. The zero-order valence-corrected chi connectivity index (χ0v) is 9.67. The third-order valence-electron chi connectivity index (χ3n) is 0.901. The van der Waals surface area contributed by atoms with Crippen LogP contribution in [0.4, 0.5) is 0 Å². The Labute approximate surface area is 67.2 Å². The average molecular weight is 230 g/mol. The van der Waals surface area contributed by atoms with E-state index in [0.717, 1.165) is 13.2 Å². The minimum atomic E-state index is 0.250. The van der Waals surface area contributed by atoms with Gasteiger partial charge in [-0.25, -0.2) is 0 Å². The van der Waals surface area contributed by atoms with Crippen LogP contribution in [0.15, 0.2) is 0 Å². The summed E-state index contributed by atoms with van der Waals surface area (Å²) in [4.78, 5) is 0. The SMILES string of the molecule is [CH2-]C1(C)COC1.[Zn+][Br]. The fourth-order valence-corrected chi connectivity index (χ4v) is 0.451. The number of hydrogen-bond acceptors (Lipinski definition) is 1.